The zero-order valence-corrected chi connectivity index (χ0v) is 20.8. The first-order chi connectivity index (χ1) is 15.4. The lowest BCUT2D eigenvalue weighted by molar-refractivity contribution is -0.134. The zero-order chi connectivity index (χ0) is 22.6. The lowest BCUT2D eigenvalue weighted by Crippen LogP contribution is -2.55. The van der Waals surface area contributed by atoms with Gasteiger partial charge in [-0.3, -0.25) is 9.59 Å². The van der Waals surface area contributed by atoms with Crippen molar-refractivity contribution in [3.8, 4) is 0 Å². The Hall–Kier alpha value is -0.520. The third-order valence-corrected chi connectivity index (χ3v) is 10.4. The van der Waals surface area contributed by atoms with Gasteiger partial charge in [-0.25, -0.2) is 0 Å². The van der Waals surface area contributed by atoms with Crippen molar-refractivity contribution in [2.24, 2.45) is 11.5 Å². The van der Waals surface area contributed by atoms with Gasteiger partial charge in [-0.2, -0.15) is 0 Å². The van der Waals surface area contributed by atoms with Crippen LogP contribution in [0.3, 0.4) is 0 Å². The van der Waals surface area contributed by atoms with Crippen molar-refractivity contribution in [3.05, 3.63) is 0 Å². The van der Waals surface area contributed by atoms with E-state index in [1.165, 1.54) is 25.7 Å². The van der Waals surface area contributed by atoms with E-state index in [0.29, 0.717) is 11.5 Å². The summed E-state index contributed by atoms with van der Waals surface area (Å²) in [5, 5.41) is 7.27. The van der Waals surface area contributed by atoms with E-state index in [1.54, 1.807) is 21.6 Å². The average molecular weight is 485 g/mol. The van der Waals surface area contributed by atoms with E-state index in [-0.39, 0.29) is 22.9 Å². The molecule has 4 rings (SSSR count). The van der Waals surface area contributed by atoms with Crippen LogP contribution in [-0.4, -0.2) is 95.5 Å². The Balaban J connectivity index is 1.10. The second kappa shape index (κ2) is 10.8. The molecule has 10 heteroatoms. The number of likely N-dealkylation sites (tertiary alicyclic amines) is 2. The van der Waals surface area contributed by atoms with Crippen LogP contribution >= 0.6 is 21.6 Å². The second-order valence-electron chi connectivity index (χ2n) is 10.1. The largest absolute Gasteiger partial charge is 0.341 e. The molecular weight excluding hydrogens is 444 g/mol. The predicted octanol–water partition coefficient (Wildman–Crippen LogP) is 0.512. The molecule has 0 aromatic rings. The number of piperidine rings is 2. The molecule has 2 spiro atoms. The topological polar surface area (TPSA) is 117 Å². The molecule has 0 aliphatic carbocycles. The van der Waals surface area contributed by atoms with E-state index in [4.69, 9.17) is 11.5 Å². The minimum absolute atomic E-state index is 0.0501. The molecule has 32 heavy (non-hydrogen) atoms. The highest BCUT2D eigenvalue weighted by atomic mass is 33.1. The Kier molecular flexibility index (Phi) is 8.32. The Morgan fingerprint density at radius 2 is 1.09 bits per heavy atom. The molecule has 4 fully saturated rings. The minimum Gasteiger partial charge on any atom is -0.341 e. The molecule has 0 aromatic heterocycles. The molecule has 0 radical (unpaired) electrons. The first-order valence-corrected chi connectivity index (χ1v) is 14.7. The van der Waals surface area contributed by atoms with Crippen LogP contribution in [0.2, 0.25) is 0 Å². The highest BCUT2D eigenvalue weighted by Gasteiger charge is 2.39. The lowest BCUT2D eigenvalue weighted by atomic mass is 9.86. The minimum atomic E-state index is -0.498. The fourth-order valence-corrected chi connectivity index (χ4v) is 7.98. The van der Waals surface area contributed by atoms with Gasteiger partial charge in [0, 0.05) is 48.8 Å². The number of carbonyl (C=O) groups is 2. The summed E-state index contributed by atoms with van der Waals surface area (Å²) in [5.74, 6) is 1.19. The van der Waals surface area contributed by atoms with Gasteiger partial charge in [-0.15, -0.1) is 0 Å². The molecule has 0 bridgehead atoms. The molecule has 2 amide bonds. The van der Waals surface area contributed by atoms with E-state index in [0.717, 1.165) is 65.0 Å². The quantitative estimate of drug-likeness (QED) is 0.305. The van der Waals surface area contributed by atoms with E-state index < -0.39 is 12.1 Å². The van der Waals surface area contributed by atoms with Gasteiger partial charge in [0.1, 0.15) is 0 Å². The van der Waals surface area contributed by atoms with Gasteiger partial charge in [0.2, 0.25) is 11.8 Å². The maximum absolute atomic E-state index is 12.7. The summed E-state index contributed by atoms with van der Waals surface area (Å²) in [5.41, 5.74) is 12.9. The van der Waals surface area contributed by atoms with E-state index in [2.05, 4.69) is 10.6 Å². The van der Waals surface area contributed by atoms with Gasteiger partial charge < -0.3 is 31.9 Å². The first-order valence-electron chi connectivity index (χ1n) is 12.3. The third-order valence-electron chi connectivity index (χ3n) is 7.94. The second-order valence-corrected chi connectivity index (χ2v) is 12.6. The maximum atomic E-state index is 12.7. The number of amides is 2. The molecule has 8 nitrogen and oxygen atoms in total. The fourth-order valence-electron chi connectivity index (χ4n) is 5.76. The van der Waals surface area contributed by atoms with Crippen molar-refractivity contribution in [1.29, 1.82) is 0 Å². The summed E-state index contributed by atoms with van der Waals surface area (Å²) in [7, 11) is 3.10. The SMILES string of the molecule is NC(CSSCC(N)C(=O)N1CCC2(CCCN2)CC1)C(=O)N1CCC2(CCCN2)CC1. The smallest absolute Gasteiger partial charge is 0.240 e. The Labute approximate surface area is 200 Å². The number of carbonyl (C=O) groups excluding carboxylic acids is 2. The van der Waals surface area contributed by atoms with Crippen molar-refractivity contribution in [2.45, 2.75) is 74.5 Å². The van der Waals surface area contributed by atoms with Crippen LogP contribution in [0.15, 0.2) is 0 Å². The van der Waals surface area contributed by atoms with E-state index >= 15 is 0 Å². The summed E-state index contributed by atoms with van der Waals surface area (Å²) in [6.45, 7) is 5.38. The van der Waals surface area contributed by atoms with Crippen molar-refractivity contribution in [1.82, 2.24) is 20.4 Å². The van der Waals surface area contributed by atoms with Gasteiger partial charge in [0.15, 0.2) is 0 Å². The van der Waals surface area contributed by atoms with Crippen molar-refractivity contribution < 1.29 is 9.59 Å². The summed E-state index contributed by atoms with van der Waals surface area (Å²) < 4.78 is 0. The number of rotatable bonds is 7. The van der Waals surface area contributed by atoms with Crippen molar-refractivity contribution in [2.75, 3.05) is 50.8 Å². The first kappa shape index (κ1) is 24.6. The molecule has 4 heterocycles. The number of nitrogens with zero attached hydrogens (tertiary/aromatic N) is 2. The van der Waals surface area contributed by atoms with Crippen LogP contribution in [0.25, 0.3) is 0 Å². The number of nitrogens with one attached hydrogen (secondary N) is 2. The molecule has 4 aliphatic rings. The molecule has 0 saturated carbocycles. The normalized spacial score (nSPS) is 26.6. The highest BCUT2D eigenvalue weighted by Crippen LogP contribution is 2.32. The van der Waals surface area contributed by atoms with Gasteiger partial charge in [-0.05, 0) is 64.5 Å². The number of nitrogens with two attached hydrogens (primary N) is 2. The Morgan fingerprint density at radius 1 is 0.719 bits per heavy atom. The molecule has 6 N–H and O–H groups in total. The van der Waals surface area contributed by atoms with Crippen LogP contribution < -0.4 is 22.1 Å². The summed E-state index contributed by atoms with van der Waals surface area (Å²) in [6, 6.07) is -0.996. The Bertz CT molecular complexity index is 593. The average Bonchev–Trinajstić information content (AvgIpc) is 3.46. The van der Waals surface area contributed by atoms with Gasteiger partial charge in [0.25, 0.3) is 0 Å². The molecular formula is C22H40N6O2S2. The van der Waals surface area contributed by atoms with E-state index in [9.17, 15) is 9.59 Å². The summed E-state index contributed by atoms with van der Waals surface area (Å²) >= 11 is 0. The molecule has 0 aromatic carbocycles. The van der Waals surface area contributed by atoms with Gasteiger partial charge in [-0.1, -0.05) is 21.6 Å². The van der Waals surface area contributed by atoms with Gasteiger partial charge >= 0.3 is 0 Å². The molecule has 182 valence electrons. The zero-order valence-electron chi connectivity index (χ0n) is 19.2. The maximum Gasteiger partial charge on any atom is 0.240 e. The van der Waals surface area contributed by atoms with Crippen LogP contribution in [0, 0.1) is 0 Å². The number of hydrogen-bond acceptors (Lipinski definition) is 8. The Morgan fingerprint density at radius 3 is 1.41 bits per heavy atom. The molecule has 4 saturated heterocycles. The van der Waals surface area contributed by atoms with Crippen LogP contribution in [0.4, 0.5) is 0 Å². The summed E-state index contributed by atoms with van der Waals surface area (Å²) in [6.07, 6.45) is 9.03. The summed E-state index contributed by atoms with van der Waals surface area (Å²) in [4.78, 5) is 29.3. The van der Waals surface area contributed by atoms with Crippen LogP contribution in [-0.2, 0) is 9.59 Å². The van der Waals surface area contributed by atoms with Crippen LogP contribution in [0.5, 0.6) is 0 Å². The van der Waals surface area contributed by atoms with Crippen molar-refractivity contribution >= 4 is 33.4 Å². The highest BCUT2D eigenvalue weighted by molar-refractivity contribution is 8.76. The monoisotopic (exact) mass is 484 g/mol. The van der Waals surface area contributed by atoms with Crippen LogP contribution in [0.1, 0.15) is 51.4 Å². The molecule has 2 unspecified atom stereocenters. The van der Waals surface area contributed by atoms with Crippen molar-refractivity contribution in [3.63, 3.8) is 0 Å². The third kappa shape index (κ3) is 5.75. The number of hydrogen-bond donors (Lipinski definition) is 4. The molecule has 4 aliphatic heterocycles. The molecule has 2 atom stereocenters. The van der Waals surface area contributed by atoms with E-state index in [1.807, 2.05) is 9.80 Å². The standard InChI is InChI=1S/C22H40N6O2S2/c23-17(19(29)27-11-5-21(6-12-27)3-1-9-25-21)15-31-32-16-18(24)20(30)28-13-7-22(8-14-28)4-2-10-26-22/h17-18,25-26H,1-16,23-24H2. The fraction of sp³-hybridized carbons (Fsp3) is 0.909. The lowest BCUT2D eigenvalue weighted by Gasteiger charge is -2.40. The predicted molar refractivity (Wildman–Crippen MR) is 132 cm³/mol. The van der Waals surface area contributed by atoms with Gasteiger partial charge in [0.05, 0.1) is 12.1 Å².